The van der Waals surface area contributed by atoms with Crippen LogP contribution in [0.4, 0.5) is 5.69 Å². The average Bonchev–Trinajstić information content (AvgIpc) is 2.89. The van der Waals surface area contributed by atoms with Crippen molar-refractivity contribution in [2.75, 3.05) is 18.9 Å². The largest absolute Gasteiger partial charge is 0.486 e. The lowest BCUT2D eigenvalue weighted by Crippen LogP contribution is -2.15. The number of aromatic nitrogens is 2. The van der Waals surface area contributed by atoms with E-state index in [2.05, 4.69) is 4.98 Å². The molecule has 5 nitrogen and oxygen atoms in total. The molecular formula is C15H13N3O2. The zero-order chi connectivity index (χ0) is 13.5. The number of anilines is 1. The summed E-state index contributed by atoms with van der Waals surface area (Å²) in [5.74, 6) is 1.55. The number of fused-ring (bicyclic) bond motifs is 2. The number of nitrogens with two attached hydrogens (primary N) is 1. The Kier molecular flexibility index (Phi) is 2.32. The molecule has 0 atom stereocenters. The number of imidazole rings is 1. The molecule has 3 aromatic rings. The molecule has 1 aromatic carbocycles. The predicted molar refractivity (Wildman–Crippen MR) is 76.0 cm³/mol. The van der Waals surface area contributed by atoms with Crippen molar-refractivity contribution in [1.82, 2.24) is 9.38 Å². The molecule has 0 bridgehead atoms. The molecule has 0 radical (unpaired) electrons. The fourth-order valence-corrected chi connectivity index (χ4v) is 2.35. The topological polar surface area (TPSA) is 61.8 Å². The van der Waals surface area contributed by atoms with Gasteiger partial charge in [-0.15, -0.1) is 0 Å². The molecular weight excluding hydrogens is 254 g/mol. The van der Waals surface area contributed by atoms with Gasteiger partial charge in [0.1, 0.15) is 18.9 Å². The first-order valence-corrected chi connectivity index (χ1v) is 6.44. The second-order valence-corrected chi connectivity index (χ2v) is 4.71. The molecule has 100 valence electrons. The monoisotopic (exact) mass is 267 g/mol. The maximum atomic E-state index is 5.78. The predicted octanol–water partition coefficient (Wildman–Crippen LogP) is 2.35. The Balaban J connectivity index is 1.82. The summed E-state index contributed by atoms with van der Waals surface area (Å²) in [6.07, 6.45) is 3.81. The van der Waals surface area contributed by atoms with E-state index in [0.717, 1.165) is 28.4 Å². The van der Waals surface area contributed by atoms with E-state index in [4.69, 9.17) is 15.2 Å². The van der Waals surface area contributed by atoms with Crippen LogP contribution in [0.3, 0.4) is 0 Å². The van der Waals surface area contributed by atoms with E-state index < -0.39 is 0 Å². The van der Waals surface area contributed by atoms with E-state index in [1.54, 1.807) is 0 Å². The maximum absolute atomic E-state index is 5.78. The van der Waals surface area contributed by atoms with Crippen molar-refractivity contribution in [2.45, 2.75) is 0 Å². The average molecular weight is 267 g/mol. The van der Waals surface area contributed by atoms with E-state index in [0.29, 0.717) is 18.9 Å². The molecule has 0 fully saturated rings. The number of pyridine rings is 1. The van der Waals surface area contributed by atoms with Gasteiger partial charge in [0.2, 0.25) is 0 Å². The second-order valence-electron chi connectivity index (χ2n) is 4.71. The van der Waals surface area contributed by atoms with Crippen molar-refractivity contribution in [3.05, 3.63) is 42.7 Å². The molecule has 3 heterocycles. The van der Waals surface area contributed by atoms with Crippen LogP contribution in [0.15, 0.2) is 42.7 Å². The van der Waals surface area contributed by atoms with E-state index in [1.807, 2.05) is 47.1 Å². The van der Waals surface area contributed by atoms with E-state index in [9.17, 15) is 0 Å². The summed E-state index contributed by atoms with van der Waals surface area (Å²) in [5.41, 5.74) is 9.23. The van der Waals surface area contributed by atoms with Crippen molar-refractivity contribution in [1.29, 1.82) is 0 Å². The minimum Gasteiger partial charge on any atom is -0.486 e. The van der Waals surface area contributed by atoms with Crippen LogP contribution >= 0.6 is 0 Å². The van der Waals surface area contributed by atoms with Crippen molar-refractivity contribution in [3.8, 4) is 22.8 Å². The number of rotatable bonds is 1. The van der Waals surface area contributed by atoms with Crippen molar-refractivity contribution < 1.29 is 9.47 Å². The molecule has 0 spiro atoms. The van der Waals surface area contributed by atoms with Gasteiger partial charge in [0, 0.05) is 23.6 Å². The molecule has 5 heteroatoms. The molecule has 20 heavy (non-hydrogen) atoms. The Hall–Kier alpha value is -2.69. The second kappa shape index (κ2) is 4.16. The normalized spacial score (nSPS) is 13.6. The summed E-state index contributed by atoms with van der Waals surface area (Å²) in [6.45, 7) is 1.18. The lowest BCUT2D eigenvalue weighted by Gasteiger charge is -2.18. The third-order valence-corrected chi connectivity index (χ3v) is 3.31. The number of benzene rings is 1. The van der Waals surface area contributed by atoms with Crippen LogP contribution in [0.2, 0.25) is 0 Å². The summed E-state index contributed by atoms with van der Waals surface area (Å²) in [6, 6.07) is 9.60. The first kappa shape index (κ1) is 11.2. The van der Waals surface area contributed by atoms with Crippen LogP contribution in [-0.2, 0) is 0 Å². The van der Waals surface area contributed by atoms with Gasteiger partial charge in [-0.1, -0.05) is 0 Å². The molecule has 2 aromatic heterocycles. The van der Waals surface area contributed by atoms with E-state index in [1.165, 1.54) is 0 Å². The highest BCUT2D eigenvalue weighted by Gasteiger charge is 2.13. The summed E-state index contributed by atoms with van der Waals surface area (Å²) < 4.78 is 13.0. The molecule has 4 rings (SSSR count). The summed E-state index contributed by atoms with van der Waals surface area (Å²) in [7, 11) is 0. The van der Waals surface area contributed by atoms with Gasteiger partial charge in [-0.25, -0.2) is 4.98 Å². The fraction of sp³-hybridized carbons (Fsp3) is 0.133. The van der Waals surface area contributed by atoms with Gasteiger partial charge in [0.25, 0.3) is 0 Å². The number of hydrogen-bond donors (Lipinski definition) is 1. The van der Waals surface area contributed by atoms with Crippen LogP contribution in [0, 0.1) is 0 Å². The van der Waals surface area contributed by atoms with Crippen LogP contribution in [0.1, 0.15) is 0 Å². The van der Waals surface area contributed by atoms with Crippen LogP contribution < -0.4 is 15.2 Å². The number of nitrogens with zero attached hydrogens (tertiary/aromatic N) is 2. The minimum atomic E-state index is 0.582. The number of nitrogen functional groups attached to an aromatic ring is 1. The van der Waals surface area contributed by atoms with Gasteiger partial charge in [0.05, 0.1) is 5.69 Å². The summed E-state index contributed by atoms with van der Waals surface area (Å²) in [4.78, 5) is 4.58. The Bertz CT molecular complexity index is 795. The lowest BCUT2D eigenvalue weighted by atomic mass is 10.1. The number of ether oxygens (including phenoxy) is 2. The molecule has 2 N–H and O–H groups in total. The molecule has 0 amide bonds. The molecule has 0 saturated heterocycles. The SMILES string of the molecule is Nc1ccc2nc(-c3ccc4c(c3)OCCO4)cn2c1. The maximum Gasteiger partial charge on any atom is 0.162 e. The van der Waals surface area contributed by atoms with E-state index in [-0.39, 0.29) is 0 Å². The first-order valence-electron chi connectivity index (χ1n) is 6.44. The third kappa shape index (κ3) is 1.75. The zero-order valence-electron chi connectivity index (χ0n) is 10.7. The Morgan fingerprint density at radius 1 is 1.00 bits per heavy atom. The van der Waals surface area contributed by atoms with Gasteiger partial charge in [-0.05, 0) is 30.3 Å². The highest BCUT2D eigenvalue weighted by Crippen LogP contribution is 2.34. The highest BCUT2D eigenvalue weighted by molar-refractivity contribution is 5.67. The van der Waals surface area contributed by atoms with Crippen LogP contribution in [0.25, 0.3) is 16.9 Å². The van der Waals surface area contributed by atoms with Gasteiger partial charge < -0.3 is 19.6 Å². The van der Waals surface area contributed by atoms with Crippen LogP contribution in [0.5, 0.6) is 11.5 Å². The Morgan fingerprint density at radius 2 is 1.85 bits per heavy atom. The summed E-state index contributed by atoms with van der Waals surface area (Å²) >= 11 is 0. The third-order valence-electron chi connectivity index (χ3n) is 3.31. The zero-order valence-corrected chi connectivity index (χ0v) is 10.7. The fourth-order valence-electron chi connectivity index (χ4n) is 2.35. The molecule has 0 saturated carbocycles. The Morgan fingerprint density at radius 3 is 2.75 bits per heavy atom. The van der Waals surface area contributed by atoms with Crippen molar-refractivity contribution in [2.24, 2.45) is 0 Å². The van der Waals surface area contributed by atoms with Crippen molar-refractivity contribution >= 4 is 11.3 Å². The van der Waals surface area contributed by atoms with Gasteiger partial charge in [-0.2, -0.15) is 0 Å². The molecule has 0 aliphatic carbocycles. The van der Waals surface area contributed by atoms with E-state index >= 15 is 0 Å². The van der Waals surface area contributed by atoms with Crippen molar-refractivity contribution in [3.63, 3.8) is 0 Å². The van der Waals surface area contributed by atoms with Gasteiger partial charge in [0.15, 0.2) is 11.5 Å². The smallest absolute Gasteiger partial charge is 0.162 e. The van der Waals surface area contributed by atoms with Gasteiger partial charge >= 0.3 is 0 Å². The summed E-state index contributed by atoms with van der Waals surface area (Å²) in [5, 5.41) is 0. The molecule has 1 aliphatic rings. The first-order chi connectivity index (χ1) is 9.79. The highest BCUT2D eigenvalue weighted by atomic mass is 16.6. The number of hydrogen-bond acceptors (Lipinski definition) is 4. The standard InChI is InChI=1S/C15H13N3O2/c16-11-2-4-15-17-12(9-18(15)8-11)10-1-3-13-14(7-10)20-6-5-19-13/h1-4,7-9H,5-6,16H2. The molecule has 1 aliphatic heterocycles. The minimum absolute atomic E-state index is 0.582. The lowest BCUT2D eigenvalue weighted by molar-refractivity contribution is 0.171. The van der Waals surface area contributed by atoms with Crippen LogP contribution in [-0.4, -0.2) is 22.6 Å². The van der Waals surface area contributed by atoms with Gasteiger partial charge in [-0.3, -0.25) is 0 Å². The quantitative estimate of drug-likeness (QED) is 0.735. The Labute approximate surface area is 115 Å². The molecule has 0 unspecified atom stereocenters.